The van der Waals surface area contributed by atoms with E-state index in [4.69, 9.17) is 4.98 Å². The van der Waals surface area contributed by atoms with Crippen LogP contribution in [-0.4, -0.2) is 40.9 Å². The van der Waals surface area contributed by atoms with Crippen molar-refractivity contribution in [2.45, 2.75) is 32.7 Å². The lowest BCUT2D eigenvalue weighted by Crippen LogP contribution is -2.41. The van der Waals surface area contributed by atoms with Crippen LogP contribution in [0.25, 0.3) is 22.6 Å². The highest BCUT2D eigenvalue weighted by molar-refractivity contribution is 7.16. The molecule has 29 heavy (non-hydrogen) atoms. The van der Waals surface area contributed by atoms with Gasteiger partial charge in [0.15, 0.2) is 5.13 Å². The van der Waals surface area contributed by atoms with Gasteiger partial charge in [0.25, 0.3) is 0 Å². The number of thiazole rings is 1. The summed E-state index contributed by atoms with van der Waals surface area (Å²) in [5.74, 6) is 0. The average Bonchev–Trinajstić information content (AvgIpc) is 3.28. The largest absolute Gasteiger partial charge is 0.348 e. The fourth-order valence-electron chi connectivity index (χ4n) is 4.03. The number of aryl methyl sites for hydroxylation is 3. The summed E-state index contributed by atoms with van der Waals surface area (Å²) in [6.07, 6.45) is 8.56. The molecule has 0 spiro atoms. The van der Waals surface area contributed by atoms with Gasteiger partial charge < -0.3 is 10.2 Å². The minimum absolute atomic E-state index is 0.563. The lowest BCUT2D eigenvalue weighted by Gasteiger charge is -2.31. The van der Waals surface area contributed by atoms with Crippen LogP contribution in [0, 0.1) is 13.8 Å². The second kappa shape index (κ2) is 8.13. The van der Waals surface area contributed by atoms with Crippen LogP contribution in [0.4, 0.5) is 5.13 Å². The van der Waals surface area contributed by atoms with Gasteiger partial charge in [-0.25, -0.2) is 4.98 Å². The monoisotopic (exact) mass is 407 g/mol. The SMILES string of the molecule is C=C/C(=C\c1sc(N(C)C2CCNCC2)nc1C)c1cc(C)c2nn(C)cc2c1. The van der Waals surface area contributed by atoms with Crippen molar-refractivity contribution in [2.75, 3.05) is 25.0 Å². The molecule has 1 aromatic carbocycles. The topological polar surface area (TPSA) is 46.0 Å². The second-order valence-electron chi connectivity index (χ2n) is 7.88. The smallest absolute Gasteiger partial charge is 0.186 e. The van der Waals surface area contributed by atoms with Crippen molar-refractivity contribution in [1.29, 1.82) is 0 Å². The van der Waals surface area contributed by atoms with E-state index in [1.165, 1.54) is 28.8 Å². The molecule has 2 aromatic heterocycles. The molecule has 1 N–H and O–H groups in total. The summed E-state index contributed by atoms with van der Waals surface area (Å²) in [7, 11) is 4.14. The van der Waals surface area contributed by atoms with E-state index < -0.39 is 0 Å². The number of allylic oxidation sites excluding steroid dienone is 2. The first-order chi connectivity index (χ1) is 14.0. The number of hydrogen-bond donors (Lipinski definition) is 1. The molecular weight excluding hydrogens is 378 g/mol. The Balaban J connectivity index is 1.67. The third kappa shape index (κ3) is 4.00. The summed E-state index contributed by atoms with van der Waals surface area (Å²) >= 11 is 1.77. The zero-order chi connectivity index (χ0) is 20.5. The Morgan fingerprint density at radius 3 is 2.79 bits per heavy atom. The molecule has 0 unspecified atom stereocenters. The van der Waals surface area contributed by atoms with Gasteiger partial charge in [-0.1, -0.05) is 24.0 Å². The average molecular weight is 408 g/mol. The molecule has 5 nitrogen and oxygen atoms in total. The number of fused-ring (bicyclic) bond motifs is 1. The van der Waals surface area contributed by atoms with Crippen molar-refractivity contribution >= 4 is 39.0 Å². The minimum Gasteiger partial charge on any atom is -0.348 e. The van der Waals surface area contributed by atoms with E-state index in [9.17, 15) is 0 Å². The Kier molecular flexibility index (Phi) is 5.56. The Labute approximate surface area is 176 Å². The predicted molar refractivity (Wildman–Crippen MR) is 125 cm³/mol. The van der Waals surface area contributed by atoms with Crippen LogP contribution in [0.2, 0.25) is 0 Å². The van der Waals surface area contributed by atoms with Crippen LogP contribution in [0.1, 0.15) is 34.5 Å². The van der Waals surface area contributed by atoms with Crippen LogP contribution >= 0.6 is 11.3 Å². The van der Waals surface area contributed by atoms with Crippen LogP contribution in [0.15, 0.2) is 31.0 Å². The van der Waals surface area contributed by atoms with Crippen molar-refractivity contribution in [3.05, 3.63) is 52.7 Å². The maximum Gasteiger partial charge on any atom is 0.186 e. The van der Waals surface area contributed by atoms with Crippen molar-refractivity contribution in [3.8, 4) is 0 Å². The van der Waals surface area contributed by atoms with E-state index in [1.807, 2.05) is 17.8 Å². The van der Waals surface area contributed by atoms with Gasteiger partial charge in [-0.3, -0.25) is 4.68 Å². The standard InChI is InChI=1S/C23H29N5S/c1-6-17(18-11-15(2)22-19(12-18)14-27(4)26-22)13-21-16(3)25-23(29-21)28(5)20-7-9-24-10-8-20/h6,11-14,20,24H,1,7-10H2,2-5H3/b17-13+. The van der Waals surface area contributed by atoms with Crippen molar-refractivity contribution in [2.24, 2.45) is 7.05 Å². The molecule has 1 saturated heterocycles. The molecule has 0 atom stereocenters. The summed E-state index contributed by atoms with van der Waals surface area (Å²) in [6, 6.07) is 4.95. The molecule has 152 valence electrons. The van der Waals surface area contributed by atoms with Gasteiger partial charge in [-0.15, -0.1) is 0 Å². The van der Waals surface area contributed by atoms with Gasteiger partial charge in [0.2, 0.25) is 0 Å². The van der Waals surface area contributed by atoms with Crippen LogP contribution < -0.4 is 10.2 Å². The molecule has 1 aliphatic heterocycles. The first kappa shape index (κ1) is 19.9. The Hall–Kier alpha value is -2.44. The number of anilines is 1. The van der Waals surface area contributed by atoms with Crippen LogP contribution in [0.5, 0.6) is 0 Å². The van der Waals surface area contributed by atoms with E-state index >= 15 is 0 Å². The number of hydrogen-bond acceptors (Lipinski definition) is 5. The highest BCUT2D eigenvalue weighted by Crippen LogP contribution is 2.32. The van der Waals surface area contributed by atoms with Crippen molar-refractivity contribution in [1.82, 2.24) is 20.1 Å². The minimum atomic E-state index is 0.563. The fraction of sp³-hybridized carbons (Fsp3) is 0.391. The molecule has 3 heterocycles. The van der Waals surface area contributed by atoms with Gasteiger partial charge in [0, 0.05) is 31.7 Å². The first-order valence-electron chi connectivity index (χ1n) is 10.2. The summed E-state index contributed by atoms with van der Waals surface area (Å²) in [6.45, 7) is 10.5. The van der Waals surface area contributed by atoms with E-state index in [-0.39, 0.29) is 0 Å². The summed E-state index contributed by atoms with van der Waals surface area (Å²) in [5.41, 5.74) is 5.59. The molecule has 4 rings (SSSR count). The zero-order valence-corrected chi connectivity index (χ0v) is 18.5. The maximum atomic E-state index is 4.87. The Morgan fingerprint density at radius 2 is 2.07 bits per heavy atom. The molecular formula is C23H29N5S. The first-order valence-corrected chi connectivity index (χ1v) is 11.0. The Bertz CT molecular complexity index is 1070. The van der Waals surface area contributed by atoms with Gasteiger partial charge in [-0.05, 0) is 74.7 Å². The third-order valence-corrected chi connectivity index (χ3v) is 6.93. The normalized spacial score (nSPS) is 15.8. The van der Waals surface area contributed by atoms with Crippen LogP contribution in [-0.2, 0) is 7.05 Å². The zero-order valence-electron chi connectivity index (χ0n) is 17.7. The molecule has 0 amide bonds. The Morgan fingerprint density at radius 1 is 1.31 bits per heavy atom. The van der Waals surface area contributed by atoms with Crippen LogP contribution in [0.3, 0.4) is 0 Å². The molecule has 0 bridgehead atoms. The number of nitrogens with one attached hydrogen (secondary N) is 1. The predicted octanol–water partition coefficient (Wildman–Crippen LogP) is 4.56. The van der Waals surface area contributed by atoms with Crippen molar-refractivity contribution < 1.29 is 0 Å². The number of piperidine rings is 1. The molecule has 0 radical (unpaired) electrons. The fourth-order valence-corrected chi connectivity index (χ4v) is 5.08. The van der Waals surface area contributed by atoms with Gasteiger partial charge >= 0.3 is 0 Å². The molecule has 6 heteroatoms. The highest BCUT2D eigenvalue weighted by Gasteiger charge is 2.21. The number of rotatable bonds is 5. The molecule has 3 aromatic rings. The molecule has 0 aliphatic carbocycles. The number of benzene rings is 1. The molecule has 0 saturated carbocycles. The van der Waals surface area contributed by atoms with E-state index in [2.05, 4.69) is 67.2 Å². The van der Waals surface area contributed by atoms with Gasteiger partial charge in [0.05, 0.1) is 16.1 Å². The molecule has 1 fully saturated rings. The highest BCUT2D eigenvalue weighted by atomic mass is 32.1. The summed E-state index contributed by atoms with van der Waals surface area (Å²) in [5, 5.41) is 10.3. The summed E-state index contributed by atoms with van der Waals surface area (Å²) < 4.78 is 1.87. The number of nitrogens with zero attached hydrogens (tertiary/aromatic N) is 4. The van der Waals surface area contributed by atoms with Crippen molar-refractivity contribution in [3.63, 3.8) is 0 Å². The van der Waals surface area contributed by atoms with E-state index in [0.29, 0.717) is 6.04 Å². The second-order valence-corrected chi connectivity index (χ2v) is 8.88. The lowest BCUT2D eigenvalue weighted by atomic mass is 10.0. The van der Waals surface area contributed by atoms with E-state index in [1.54, 1.807) is 11.3 Å². The molecule has 1 aliphatic rings. The lowest BCUT2D eigenvalue weighted by molar-refractivity contribution is 0.443. The van der Waals surface area contributed by atoms with Gasteiger partial charge in [0.1, 0.15) is 0 Å². The summed E-state index contributed by atoms with van der Waals surface area (Å²) in [4.78, 5) is 8.42. The van der Waals surface area contributed by atoms with E-state index in [0.717, 1.165) is 40.4 Å². The maximum absolute atomic E-state index is 4.87. The third-order valence-electron chi connectivity index (χ3n) is 5.73. The number of aromatic nitrogens is 3. The quantitative estimate of drug-likeness (QED) is 0.630. The van der Waals surface area contributed by atoms with Gasteiger partial charge in [-0.2, -0.15) is 5.10 Å².